The Bertz CT molecular complexity index is 2450. The van der Waals surface area contributed by atoms with Crippen LogP contribution in [0.4, 0.5) is 28.4 Å². The number of anilines is 2. The first-order chi connectivity index (χ1) is 23.9. The van der Waals surface area contributed by atoms with E-state index in [2.05, 4.69) is 31.3 Å². The fourth-order valence-electron chi connectivity index (χ4n) is 4.35. The summed E-state index contributed by atoms with van der Waals surface area (Å²) < 4.78 is 68.4. The SMILES string of the molecule is O=C1C=C(O)C(N=Nc2ccc([N+](=O)[O-])cc2)=CC1=NNc1cc(S(=O)(=O)O)cc2c1C(=O)C(=NNc1ccc([N+](=O)[O-])cc1)C(S(=O)(=O)O)=C2. The van der Waals surface area contributed by atoms with Gasteiger partial charge in [-0.25, -0.2) is 0 Å². The average molecular weight is 739 g/mol. The van der Waals surface area contributed by atoms with Crippen LogP contribution in [0.1, 0.15) is 15.9 Å². The Labute approximate surface area is 284 Å². The molecule has 0 aliphatic heterocycles. The van der Waals surface area contributed by atoms with E-state index < -0.39 is 85.4 Å². The summed E-state index contributed by atoms with van der Waals surface area (Å²) in [7, 11) is -10.3. The van der Waals surface area contributed by atoms with E-state index in [-0.39, 0.29) is 28.4 Å². The highest BCUT2D eigenvalue weighted by Gasteiger charge is 2.36. The van der Waals surface area contributed by atoms with Crippen LogP contribution >= 0.6 is 0 Å². The highest BCUT2D eigenvalue weighted by molar-refractivity contribution is 7.91. The second-order valence-corrected chi connectivity index (χ2v) is 12.9. The lowest BCUT2D eigenvalue weighted by Gasteiger charge is -2.20. The van der Waals surface area contributed by atoms with Gasteiger partial charge in [-0.05, 0) is 48.0 Å². The van der Waals surface area contributed by atoms with Crippen LogP contribution < -0.4 is 10.9 Å². The van der Waals surface area contributed by atoms with Gasteiger partial charge in [-0.15, -0.1) is 5.11 Å². The molecule has 3 aromatic rings. The molecule has 0 amide bonds. The molecule has 0 fully saturated rings. The first-order valence-electron chi connectivity index (χ1n) is 13.6. The van der Waals surface area contributed by atoms with E-state index in [0.717, 1.165) is 42.5 Å². The first kappa shape index (κ1) is 35.5. The van der Waals surface area contributed by atoms with Crippen molar-refractivity contribution in [2.24, 2.45) is 20.4 Å². The number of fused-ring (bicyclic) bond motifs is 1. The first-order valence-corrected chi connectivity index (χ1v) is 16.5. The van der Waals surface area contributed by atoms with Crippen LogP contribution in [0.25, 0.3) is 6.08 Å². The Hall–Kier alpha value is -6.82. The minimum absolute atomic E-state index is 0.0493. The number of azo groups is 1. The summed E-state index contributed by atoms with van der Waals surface area (Å²) in [6.45, 7) is 0. The molecule has 0 atom stereocenters. The molecule has 0 spiro atoms. The van der Waals surface area contributed by atoms with Crippen molar-refractivity contribution in [2.45, 2.75) is 4.90 Å². The zero-order valence-corrected chi connectivity index (χ0v) is 26.6. The van der Waals surface area contributed by atoms with Gasteiger partial charge in [0.15, 0.2) is 5.71 Å². The molecule has 0 unspecified atom stereocenters. The lowest BCUT2D eigenvalue weighted by atomic mass is 9.93. The monoisotopic (exact) mass is 738 g/mol. The van der Waals surface area contributed by atoms with Gasteiger partial charge in [-0.2, -0.15) is 32.2 Å². The third kappa shape index (κ3) is 7.92. The highest BCUT2D eigenvalue weighted by atomic mass is 32.2. The maximum Gasteiger partial charge on any atom is 0.296 e. The van der Waals surface area contributed by atoms with Crippen molar-refractivity contribution in [1.82, 2.24) is 0 Å². The Morgan fingerprint density at radius 2 is 1.33 bits per heavy atom. The minimum Gasteiger partial charge on any atom is -0.505 e. The lowest BCUT2D eigenvalue weighted by Crippen LogP contribution is -2.28. The molecular weight excluding hydrogens is 720 g/mol. The molecule has 0 heterocycles. The van der Waals surface area contributed by atoms with Crippen LogP contribution in [0.3, 0.4) is 0 Å². The number of nitrogens with one attached hydrogen (secondary N) is 2. The van der Waals surface area contributed by atoms with E-state index in [4.69, 9.17) is 0 Å². The maximum absolute atomic E-state index is 13.7. The average Bonchev–Trinajstić information content (AvgIpc) is 3.06. The lowest BCUT2D eigenvalue weighted by molar-refractivity contribution is -0.385. The van der Waals surface area contributed by atoms with Gasteiger partial charge in [0.2, 0.25) is 11.6 Å². The summed E-state index contributed by atoms with van der Waals surface area (Å²) in [5.74, 6) is -2.79. The smallest absolute Gasteiger partial charge is 0.296 e. The fourth-order valence-corrected chi connectivity index (χ4v) is 5.55. The number of hydrogen-bond donors (Lipinski definition) is 5. The van der Waals surface area contributed by atoms with Crippen LogP contribution in [0.2, 0.25) is 0 Å². The molecule has 3 aromatic carbocycles. The molecule has 5 rings (SSSR count). The van der Waals surface area contributed by atoms with E-state index in [9.17, 15) is 60.9 Å². The van der Waals surface area contributed by atoms with Gasteiger partial charge in [0, 0.05) is 36.4 Å². The van der Waals surface area contributed by atoms with Crippen molar-refractivity contribution in [3.63, 3.8) is 0 Å². The quantitative estimate of drug-likeness (QED) is 0.0642. The van der Waals surface area contributed by atoms with Gasteiger partial charge in [0.25, 0.3) is 31.6 Å². The number of carbonyl (C=O) groups excluding carboxylic acids is 2. The minimum atomic E-state index is -5.23. The third-order valence-corrected chi connectivity index (χ3v) is 8.44. The van der Waals surface area contributed by atoms with E-state index in [0.29, 0.717) is 12.2 Å². The largest absolute Gasteiger partial charge is 0.505 e. The van der Waals surface area contributed by atoms with Crippen molar-refractivity contribution in [1.29, 1.82) is 0 Å². The zero-order valence-electron chi connectivity index (χ0n) is 24.9. The number of rotatable bonds is 10. The number of hydrogen-bond acceptors (Lipinski definition) is 17. The van der Waals surface area contributed by atoms with E-state index >= 15 is 0 Å². The molecule has 51 heavy (non-hydrogen) atoms. The number of aliphatic hydroxyl groups is 1. The number of benzene rings is 3. The van der Waals surface area contributed by atoms with Gasteiger partial charge < -0.3 is 5.11 Å². The molecule has 0 bridgehead atoms. The predicted octanol–water partition coefficient (Wildman–Crippen LogP) is 4.10. The maximum atomic E-state index is 13.7. The molecule has 0 aromatic heterocycles. The van der Waals surface area contributed by atoms with Crippen molar-refractivity contribution in [3.05, 3.63) is 121 Å². The standard InChI is InChI=1S/C28H18N8O13S2/c37-23-13-24(38)21(12-20(23)31-29-15-1-5-17(6-2-15)35(40)41)32-33-22-11-19(50(44,45)46)9-14-10-25(51(47,48)49)27(28(39)26(14)22)34-30-16-3-7-18(8-4-16)36(42)43/h1-13,30,33,37H,(H,44,45,46)(H,47,48,49). The summed E-state index contributed by atoms with van der Waals surface area (Å²) in [4.78, 5) is 44.9. The number of nitro groups is 2. The van der Waals surface area contributed by atoms with Crippen LogP contribution in [0, 0.1) is 20.2 Å². The highest BCUT2D eigenvalue weighted by Crippen LogP contribution is 2.34. The van der Waals surface area contributed by atoms with Crippen molar-refractivity contribution in [3.8, 4) is 0 Å². The van der Waals surface area contributed by atoms with Gasteiger partial charge in [-0.3, -0.25) is 49.8 Å². The van der Waals surface area contributed by atoms with Crippen molar-refractivity contribution >= 4 is 77.7 Å². The number of hydrazone groups is 2. The number of nitro benzene ring substituents is 2. The normalized spacial score (nSPS) is 16.4. The second kappa shape index (κ2) is 13.6. The predicted molar refractivity (Wildman–Crippen MR) is 177 cm³/mol. The Balaban J connectivity index is 1.55. The summed E-state index contributed by atoms with van der Waals surface area (Å²) in [6.07, 6.45) is 2.33. The molecule has 0 saturated carbocycles. The Morgan fingerprint density at radius 1 is 0.725 bits per heavy atom. The second-order valence-electron chi connectivity index (χ2n) is 10.1. The molecule has 21 nitrogen and oxygen atoms in total. The number of aliphatic hydroxyl groups excluding tert-OH is 1. The number of Topliss-reactive ketones (excluding diaryl/α,β-unsaturated/α-hetero) is 1. The van der Waals surface area contributed by atoms with Crippen LogP contribution in [0.15, 0.2) is 115 Å². The Morgan fingerprint density at radius 3 is 1.90 bits per heavy atom. The summed E-state index contributed by atoms with van der Waals surface area (Å²) >= 11 is 0. The molecule has 5 N–H and O–H groups in total. The van der Waals surface area contributed by atoms with Crippen LogP contribution in [-0.2, 0) is 25.0 Å². The summed E-state index contributed by atoms with van der Waals surface area (Å²) in [5.41, 5.74) is 1.13. The fraction of sp³-hybridized carbons (Fsp3) is 0. The van der Waals surface area contributed by atoms with Gasteiger partial charge in [0.1, 0.15) is 22.1 Å². The van der Waals surface area contributed by atoms with Crippen molar-refractivity contribution in [2.75, 3.05) is 10.9 Å². The van der Waals surface area contributed by atoms with Gasteiger partial charge in [-0.1, -0.05) is 0 Å². The summed E-state index contributed by atoms with van der Waals surface area (Å²) in [5, 5.41) is 47.3. The molecule has 2 aliphatic carbocycles. The van der Waals surface area contributed by atoms with E-state index in [1.54, 1.807) is 0 Å². The number of ketones is 2. The van der Waals surface area contributed by atoms with E-state index in [1.165, 1.54) is 24.3 Å². The summed E-state index contributed by atoms with van der Waals surface area (Å²) in [6, 6.07) is 10.8. The van der Waals surface area contributed by atoms with Crippen LogP contribution in [0.5, 0.6) is 0 Å². The van der Waals surface area contributed by atoms with Crippen molar-refractivity contribution < 1.29 is 50.5 Å². The molecule has 0 radical (unpaired) electrons. The number of carbonyl (C=O) groups is 2. The molecule has 2 aliphatic rings. The number of nitrogens with zero attached hydrogens (tertiary/aromatic N) is 6. The molecular formula is C28H18N8O13S2. The molecule has 23 heteroatoms. The third-order valence-electron chi connectivity index (χ3n) is 6.74. The Kier molecular flexibility index (Phi) is 9.46. The topological polar surface area (TPSA) is 323 Å². The molecule has 260 valence electrons. The zero-order chi connectivity index (χ0) is 37.2. The molecule has 0 saturated heterocycles. The van der Waals surface area contributed by atoms with Gasteiger partial charge in [0.05, 0.1) is 37.4 Å². The van der Waals surface area contributed by atoms with E-state index in [1.807, 2.05) is 0 Å². The van der Waals surface area contributed by atoms with Gasteiger partial charge >= 0.3 is 0 Å². The number of non-ortho nitro benzene ring substituents is 2. The number of allylic oxidation sites excluding steroid dienone is 3. The van der Waals surface area contributed by atoms with Crippen LogP contribution in [-0.4, -0.2) is 63.9 Å².